The number of hydrogen-bond acceptors (Lipinski definition) is 2. The second-order valence-corrected chi connectivity index (χ2v) is 6.83. The second kappa shape index (κ2) is 6.67. The van der Waals surface area contributed by atoms with Crippen LogP contribution in [0, 0.1) is 5.92 Å². The minimum absolute atomic E-state index is 0.0886. The Bertz CT molecular complexity index is 381. The molecule has 1 aliphatic heterocycles. The minimum Gasteiger partial charge on any atom is -0.353 e. The molecule has 3 amide bonds. The van der Waals surface area contributed by atoms with Gasteiger partial charge in [0.2, 0.25) is 5.91 Å². The summed E-state index contributed by atoms with van der Waals surface area (Å²) in [5.41, 5.74) is 0. The van der Waals surface area contributed by atoms with E-state index in [1.165, 1.54) is 19.3 Å². The van der Waals surface area contributed by atoms with Gasteiger partial charge >= 0.3 is 6.03 Å². The van der Waals surface area contributed by atoms with Crippen LogP contribution < -0.4 is 10.6 Å². The average Bonchev–Trinajstić information content (AvgIpc) is 2.90. The molecule has 0 atom stereocenters. The molecule has 2 aliphatic carbocycles. The van der Waals surface area contributed by atoms with E-state index in [1.807, 2.05) is 4.90 Å². The number of nitrogens with zero attached hydrogens (tertiary/aromatic N) is 1. The standard InChI is InChI=1S/C16H27N3O2/c20-15(12-4-3-5-12)17-14-8-10-19(11-9-14)16(21)18-13-6-1-2-7-13/h12-14H,1-11H2,(H,17,20)(H,18,21). The third kappa shape index (κ3) is 3.69. The zero-order valence-corrected chi connectivity index (χ0v) is 12.8. The van der Waals surface area contributed by atoms with Crippen molar-refractivity contribution in [3.05, 3.63) is 0 Å². The van der Waals surface area contributed by atoms with E-state index < -0.39 is 0 Å². The van der Waals surface area contributed by atoms with Crippen LogP contribution in [0.4, 0.5) is 4.79 Å². The maximum atomic E-state index is 12.2. The predicted molar refractivity (Wildman–Crippen MR) is 80.9 cm³/mol. The first-order valence-corrected chi connectivity index (χ1v) is 8.58. The SMILES string of the molecule is O=C(NC1CCN(C(=O)NC2CCCC2)CC1)C1CCC1. The molecule has 21 heavy (non-hydrogen) atoms. The lowest BCUT2D eigenvalue weighted by atomic mass is 9.84. The Labute approximate surface area is 126 Å². The van der Waals surface area contributed by atoms with E-state index in [1.54, 1.807) is 0 Å². The van der Waals surface area contributed by atoms with E-state index in [0.29, 0.717) is 6.04 Å². The summed E-state index contributed by atoms with van der Waals surface area (Å²) in [6.45, 7) is 1.52. The Balaban J connectivity index is 1.37. The minimum atomic E-state index is 0.0886. The molecule has 2 N–H and O–H groups in total. The molecule has 0 aromatic heterocycles. The van der Waals surface area contributed by atoms with Crippen molar-refractivity contribution < 1.29 is 9.59 Å². The second-order valence-electron chi connectivity index (χ2n) is 6.83. The Morgan fingerprint density at radius 3 is 1.95 bits per heavy atom. The lowest BCUT2D eigenvalue weighted by Gasteiger charge is -2.34. The molecule has 0 aromatic rings. The molecule has 1 saturated heterocycles. The van der Waals surface area contributed by atoms with Crippen molar-refractivity contribution in [3.8, 4) is 0 Å². The van der Waals surface area contributed by atoms with Gasteiger partial charge in [0.15, 0.2) is 0 Å². The summed E-state index contributed by atoms with van der Waals surface area (Å²) in [6.07, 6.45) is 9.79. The van der Waals surface area contributed by atoms with Crippen LogP contribution in [0.1, 0.15) is 57.8 Å². The van der Waals surface area contributed by atoms with Gasteiger partial charge in [0.25, 0.3) is 0 Å². The van der Waals surface area contributed by atoms with Crippen LogP contribution in [0.5, 0.6) is 0 Å². The van der Waals surface area contributed by atoms with Gasteiger partial charge in [-0.05, 0) is 38.5 Å². The molecule has 3 aliphatic rings. The number of piperidine rings is 1. The molecule has 0 aromatic carbocycles. The predicted octanol–water partition coefficient (Wildman–Crippen LogP) is 2.02. The monoisotopic (exact) mass is 293 g/mol. The molecule has 1 heterocycles. The molecule has 118 valence electrons. The molecule has 5 nitrogen and oxygen atoms in total. The zero-order chi connectivity index (χ0) is 14.7. The lowest BCUT2D eigenvalue weighted by Crippen LogP contribution is -2.51. The highest BCUT2D eigenvalue weighted by atomic mass is 16.2. The number of hydrogen-bond donors (Lipinski definition) is 2. The fourth-order valence-electron chi connectivity index (χ4n) is 3.55. The van der Waals surface area contributed by atoms with Gasteiger partial charge in [0.1, 0.15) is 0 Å². The van der Waals surface area contributed by atoms with Crippen molar-refractivity contribution >= 4 is 11.9 Å². The van der Waals surface area contributed by atoms with E-state index >= 15 is 0 Å². The van der Waals surface area contributed by atoms with E-state index in [2.05, 4.69) is 10.6 Å². The molecule has 0 unspecified atom stereocenters. The first kappa shape index (κ1) is 14.7. The molecule has 2 saturated carbocycles. The highest BCUT2D eigenvalue weighted by Crippen LogP contribution is 2.26. The molecule has 5 heteroatoms. The number of amides is 3. The van der Waals surface area contributed by atoms with Crippen molar-refractivity contribution in [1.82, 2.24) is 15.5 Å². The van der Waals surface area contributed by atoms with Crippen molar-refractivity contribution in [2.24, 2.45) is 5.92 Å². The van der Waals surface area contributed by atoms with Gasteiger partial charge < -0.3 is 15.5 Å². The summed E-state index contributed by atoms with van der Waals surface area (Å²) in [7, 11) is 0. The van der Waals surface area contributed by atoms with Gasteiger partial charge in [-0.1, -0.05) is 19.3 Å². The number of urea groups is 1. The van der Waals surface area contributed by atoms with Crippen LogP contribution in [0.15, 0.2) is 0 Å². The topological polar surface area (TPSA) is 61.4 Å². The molecular weight excluding hydrogens is 266 g/mol. The Morgan fingerprint density at radius 1 is 0.762 bits per heavy atom. The van der Waals surface area contributed by atoms with Gasteiger partial charge in [0, 0.05) is 31.1 Å². The van der Waals surface area contributed by atoms with Gasteiger partial charge in [-0.2, -0.15) is 0 Å². The zero-order valence-electron chi connectivity index (χ0n) is 12.8. The van der Waals surface area contributed by atoms with Crippen LogP contribution >= 0.6 is 0 Å². The van der Waals surface area contributed by atoms with Crippen molar-refractivity contribution in [3.63, 3.8) is 0 Å². The molecule has 3 rings (SSSR count). The maximum Gasteiger partial charge on any atom is 0.317 e. The molecule has 0 radical (unpaired) electrons. The van der Waals surface area contributed by atoms with E-state index in [-0.39, 0.29) is 23.9 Å². The van der Waals surface area contributed by atoms with Crippen LogP contribution in [-0.4, -0.2) is 42.0 Å². The van der Waals surface area contributed by atoms with Crippen molar-refractivity contribution in [1.29, 1.82) is 0 Å². The summed E-state index contributed by atoms with van der Waals surface area (Å²) >= 11 is 0. The molecule has 3 fully saturated rings. The summed E-state index contributed by atoms with van der Waals surface area (Å²) in [4.78, 5) is 26.0. The quantitative estimate of drug-likeness (QED) is 0.836. The largest absolute Gasteiger partial charge is 0.353 e. The summed E-state index contributed by atoms with van der Waals surface area (Å²) in [5.74, 6) is 0.490. The number of carbonyl (C=O) groups excluding carboxylic acids is 2. The highest BCUT2D eigenvalue weighted by molar-refractivity contribution is 5.79. The summed E-state index contributed by atoms with van der Waals surface area (Å²) in [6, 6.07) is 0.729. The average molecular weight is 293 g/mol. The first-order chi connectivity index (χ1) is 10.2. The number of likely N-dealkylation sites (tertiary alicyclic amines) is 1. The van der Waals surface area contributed by atoms with Gasteiger partial charge in [-0.25, -0.2) is 4.79 Å². The maximum absolute atomic E-state index is 12.2. The Kier molecular flexibility index (Phi) is 4.66. The van der Waals surface area contributed by atoms with Crippen LogP contribution in [0.25, 0.3) is 0 Å². The fourth-order valence-corrected chi connectivity index (χ4v) is 3.55. The summed E-state index contributed by atoms with van der Waals surface area (Å²) < 4.78 is 0. The smallest absolute Gasteiger partial charge is 0.317 e. The van der Waals surface area contributed by atoms with Crippen LogP contribution in [0.2, 0.25) is 0 Å². The third-order valence-electron chi connectivity index (χ3n) is 5.29. The number of rotatable bonds is 3. The number of nitrogens with one attached hydrogen (secondary N) is 2. The molecule has 0 bridgehead atoms. The van der Waals surface area contributed by atoms with Crippen LogP contribution in [0.3, 0.4) is 0 Å². The first-order valence-electron chi connectivity index (χ1n) is 8.58. The normalized spacial score (nSPS) is 24.7. The van der Waals surface area contributed by atoms with Gasteiger partial charge in [0.05, 0.1) is 0 Å². The molecular formula is C16H27N3O2. The van der Waals surface area contributed by atoms with E-state index in [9.17, 15) is 9.59 Å². The van der Waals surface area contributed by atoms with E-state index in [0.717, 1.165) is 51.6 Å². The molecule has 0 spiro atoms. The van der Waals surface area contributed by atoms with Crippen molar-refractivity contribution in [2.75, 3.05) is 13.1 Å². The van der Waals surface area contributed by atoms with Crippen LogP contribution in [-0.2, 0) is 4.79 Å². The van der Waals surface area contributed by atoms with Gasteiger partial charge in [-0.3, -0.25) is 4.79 Å². The van der Waals surface area contributed by atoms with E-state index in [4.69, 9.17) is 0 Å². The lowest BCUT2D eigenvalue weighted by molar-refractivity contribution is -0.128. The van der Waals surface area contributed by atoms with Gasteiger partial charge in [-0.15, -0.1) is 0 Å². The highest BCUT2D eigenvalue weighted by Gasteiger charge is 2.29. The Morgan fingerprint density at radius 2 is 1.38 bits per heavy atom. The third-order valence-corrected chi connectivity index (χ3v) is 5.29. The summed E-state index contributed by atoms with van der Waals surface area (Å²) in [5, 5.41) is 6.30. The Hall–Kier alpha value is -1.26. The van der Waals surface area contributed by atoms with Crippen molar-refractivity contribution in [2.45, 2.75) is 69.9 Å². The fraction of sp³-hybridized carbons (Fsp3) is 0.875. The number of carbonyl (C=O) groups is 2.